The zero-order valence-corrected chi connectivity index (χ0v) is 15.5. The number of primary amides is 1. The van der Waals surface area contributed by atoms with E-state index in [0.717, 1.165) is 24.1 Å². The Hall–Kier alpha value is -3.22. The normalized spacial score (nSPS) is 12.0. The molecule has 1 heterocycles. The first kappa shape index (κ1) is 19.5. The minimum absolute atomic E-state index is 0.256. The van der Waals surface area contributed by atoms with E-state index in [-0.39, 0.29) is 11.6 Å². The number of aryl methyl sites for hydroxylation is 1. The molecular weight excluding hydrogens is 366 g/mol. The largest absolute Gasteiger partial charge is 0.478 e. The number of hydrogen-bond donors (Lipinski definition) is 1. The lowest BCUT2D eigenvalue weighted by Gasteiger charge is -2.13. The highest BCUT2D eigenvalue weighted by atomic mass is 19.1. The molecule has 1 amide bonds. The van der Waals surface area contributed by atoms with Gasteiger partial charge in [0, 0.05) is 12.0 Å². The molecule has 0 spiro atoms. The van der Waals surface area contributed by atoms with Crippen molar-refractivity contribution >= 4 is 5.91 Å². The van der Waals surface area contributed by atoms with Crippen molar-refractivity contribution in [3.8, 4) is 17.0 Å². The molecule has 5 nitrogen and oxygen atoms in total. The summed E-state index contributed by atoms with van der Waals surface area (Å²) < 4.78 is 39.5. The number of aromatic nitrogens is 1. The molecule has 28 heavy (non-hydrogen) atoms. The maximum Gasteiger partial charge on any atom is 0.254 e. The lowest BCUT2D eigenvalue weighted by molar-refractivity contribution is 0.0989. The van der Waals surface area contributed by atoms with Gasteiger partial charge in [-0.25, -0.2) is 13.8 Å². The lowest BCUT2D eigenvalue weighted by Crippen LogP contribution is -2.16. The number of amides is 1. The van der Waals surface area contributed by atoms with Gasteiger partial charge in [0.2, 0.25) is 5.89 Å². The molecule has 0 fully saturated rings. The summed E-state index contributed by atoms with van der Waals surface area (Å²) in [6.45, 7) is 3.65. The summed E-state index contributed by atoms with van der Waals surface area (Å²) in [5.41, 5.74) is 5.80. The molecule has 0 saturated carbocycles. The first-order valence-electron chi connectivity index (χ1n) is 8.91. The van der Waals surface area contributed by atoms with Crippen molar-refractivity contribution in [1.29, 1.82) is 0 Å². The maximum atomic E-state index is 14.4. The second-order valence-electron chi connectivity index (χ2n) is 6.30. The minimum Gasteiger partial charge on any atom is -0.478 e. The summed E-state index contributed by atoms with van der Waals surface area (Å²) in [5, 5.41) is 0. The molecule has 2 N–H and O–H groups in total. The van der Waals surface area contributed by atoms with Crippen molar-refractivity contribution in [3.63, 3.8) is 0 Å². The zero-order valence-electron chi connectivity index (χ0n) is 15.5. The number of nitrogens with zero attached hydrogens (tertiary/aromatic N) is 1. The van der Waals surface area contributed by atoms with Crippen molar-refractivity contribution in [1.82, 2.24) is 4.98 Å². The van der Waals surface area contributed by atoms with Crippen LogP contribution in [0.2, 0.25) is 0 Å². The van der Waals surface area contributed by atoms with Crippen molar-refractivity contribution in [3.05, 3.63) is 71.3 Å². The van der Waals surface area contributed by atoms with Crippen LogP contribution < -0.4 is 10.5 Å². The molecule has 0 aliphatic rings. The molecule has 0 aliphatic carbocycles. The molecule has 146 valence electrons. The Bertz CT molecular complexity index is 987. The smallest absolute Gasteiger partial charge is 0.254 e. The van der Waals surface area contributed by atoms with Crippen LogP contribution in [0.15, 0.2) is 46.9 Å². The predicted molar refractivity (Wildman–Crippen MR) is 99.9 cm³/mol. The van der Waals surface area contributed by atoms with Gasteiger partial charge in [0.25, 0.3) is 5.91 Å². The number of hydrogen-bond acceptors (Lipinski definition) is 4. The molecular formula is C21H20F2N2O3. The first-order chi connectivity index (χ1) is 13.4. The van der Waals surface area contributed by atoms with Crippen LogP contribution in [0.5, 0.6) is 5.75 Å². The van der Waals surface area contributed by atoms with Crippen molar-refractivity contribution < 1.29 is 22.7 Å². The zero-order chi connectivity index (χ0) is 20.3. The second-order valence-corrected chi connectivity index (χ2v) is 6.30. The standard InChI is InChI=1S/C21H20F2N2O3/c1-3-7-16-19(13-8-5-4-6-9-13)25-21(28-16)12(2)27-15-11-10-14(22)17(18(15)23)20(24)26/h4-6,8-12H,3,7H2,1-2H3,(H2,24,26). The van der Waals surface area contributed by atoms with Crippen LogP contribution in [0.3, 0.4) is 0 Å². The van der Waals surface area contributed by atoms with Gasteiger partial charge in [0.15, 0.2) is 17.7 Å². The van der Waals surface area contributed by atoms with Crippen LogP contribution in [-0.4, -0.2) is 10.9 Å². The van der Waals surface area contributed by atoms with Crippen LogP contribution in [0.25, 0.3) is 11.3 Å². The number of carbonyl (C=O) groups excluding carboxylic acids is 1. The topological polar surface area (TPSA) is 78.4 Å². The van der Waals surface area contributed by atoms with Gasteiger partial charge < -0.3 is 14.9 Å². The van der Waals surface area contributed by atoms with E-state index in [1.54, 1.807) is 6.92 Å². The molecule has 1 aromatic heterocycles. The summed E-state index contributed by atoms with van der Waals surface area (Å²) in [4.78, 5) is 15.8. The Balaban J connectivity index is 1.93. The van der Waals surface area contributed by atoms with Gasteiger partial charge in [-0.15, -0.1) is 0 Å². The Morgan fingerprint density at radius 1 is 1.21 bits per heavy atom. The third-order valence-electron chi connectivity index (χ3n) is 4.19. The molecule has 3 aromatic rings. The summed E-state index contributed by atoms with van der Waals surface area (Å²) in [6, 6.07) is 11.6. The van der Waals surface area contributed by atoms with Gasteiger partial charge in [0.1, 0.15) is 22.8 Å². The van der Waals surface area contributed by atoms with E-state index in [9.17, 15) is 13.6 Å². The fraction of sp³-hybridized carbons (Fsp3) is 0.238. The number of rotatable bonds is 7. The van der Waals surface area contributed by atoms with Gasteiger partial charge in [-0.05, 0) is 25.5 Å². The maximum absolute atomic E-state index is 14.4. The van der Waals surface area contributed by atoms with E-state index < -0.39 is 29.2 Å². The highest BCUT2D eigenvalue weighted by molar-refractivity contribution is 5.93. The highest BCUT2D eigenvalue weighted by Crippen LogP contribution is 2.31. The Labute approximate surface area is 161 Å². The summed E-state index contributed by atoms with van der Waals surface area (Å²) in [5.74, 6) is -2.75. The minimum atomic E-state index is -1.21. The molecule has 2 aromatic carbocycles. The number of halogens is 2. The average molecular weight is 386 g/mol. The number of oxazole rings is 1. The monoisotopic (exact) mass is 386 g/mol. The highest BCUT2D eigenvalue weighted by Gasteiger charge is 2.24. The SMILES string of the molecule is CCCc1oc(C(C)Oc2ccc(F)c(C(N)=O)c2F)nc1-c1ccccc1. The fourth-order valence-corrected chi connectivity index (χ4v) is 2.85. The molecule has 0 aliphatic heterocycles. The van der Waals surface area contributed by atoms with Gasteiger partial charge in [-0.3, -0.25) is 4.79 Å². The van der Waals surface area contributed by atoms with Crippen LogP contribution in [0.4, 0.5) is 8.78 Å². The Morgan fingerprint density at radius 2 is 1.93 bits per heavy atom. The van der Waals surface area contributed by atoms with Crippen molar-refractivity contribution in [2.45, 2.75) is 32.8 Å². The third kappa shape index (κ3) is 3.88. The van der Waals surface area contributed by atoms with E-state index in [0.29, 0.717) is 17.9 Å². The van der Waals surface area contributed by atoms with E-state index in [2.05, 4.69) is 4.98 Å². The third-order valence-corrected chi connectivity index (χ3v) is 4.19. The number of benzene rings is 2. The Morgan fingerprint density at radius 3 is 2.57 bits per heavy atom. The van der Waals surface area contributed by atoms with Gasteiger partial charge in [-0.2, -0.15) is 0 Å². The first-order valence-corrected chi connectivity index (χ1v) is 8.91. The molecule has 3 rings (SSSR count). The number of carbonyl (C=O) groups is 1. The number of nitrogens with two attached hydrogens (primary N) is 1. The summed E-state index contributed by atoms with van der Waals surface area (Å²) >= 11 is 0. The van der Waals surface area contributed by atoms with E-state index >= 15 is 0 Å². The molecule has 1 atom stereocenters. The molecule has 0 bridgehead atoms. The van der Waals surface area contributed by atoms with Crippen LogP contribution >= 0.6 is 0 Å². The van der Waals surface area contributed by atoms with Crippen LogP contribution in [0, 0.1) is 11.6 Å². The summed E-state index contributed by atoms with van der Waals surface area (Å²) in [7, 11) is 0. The second kappa shape index (κ2) is 8.21. The lowest BCUT2D eigenvalue weighted by atomic mass is 10.1. The van der Waals surface area contributed by atoms with Gasteiger partial charge in [-0.1, -0.05) is 37.3 Å². The van der Waals surface area contributed by atoms with E-state index in [1.807, 2.05) is 37.3 Å². The van der Waals surface area contributed by atoms with Crippen molar-refractivity contribution in [2.75, 3.05) is 0 Å². The predicted octanol–water partition coefficient (Wildman–Crippen LogP) is 4.81. The average Bonchev–Trinajstić information content (AvgIpc) is 3.09. The molecule has 1 unspecified atom stereocenters. The Kier molecular flexibility index (Phi) is 5.73. The molecule has 0 radical (unpaired) electrons. The fourth-order valence-electron chi connectivity index (χ4n) is 2.85. The molecule has 7 heteroatoms. The van der Waals surface area contributed by atoms with Crippen LogP contribution in [-0.2, 0) is 6.42 Å². The van der Waals surface area contributed by atoms with E-state index in [1.165, 1.54) is 0 Å². The van der Waals surface area contributed by atoms with E-state index in [4.69, 9.17) is 14.9 Å². The number of ether oxygens (including phenoxy) is 1. The van der Waals surface area contributed by atoms with Gasteiger partial charge >= 0.3 is 0 Å². The quantitative estimate of drug-likeness (QED) is 0.632. The van der Waals surface area contributed by atoms with Gasteiger partial charge in [0.05, 0.1) is 0 Å². The molecule has 0 saturated heterocycles. The van der Waals surface area contributed by atoms with Crippen molar-refractivity contribution in [2.24, 2.45) is 5.73 Å². The van der Waals surface area contributed by atoms with Crippen LogP contribution in [0.1, 0.15) is 48.4 Å². The summed E-state index contributed by atoms with van der Waals surface area (Å²) in [6.07, 6.45) is 0.771.